The number of likely N-dealkylation sites (N-methyl/N-ethyl adjacent to an activating group) is 1. The minimum absolute atomic E-state index is 0.0729. The Bertz CT molecular complexity index is 1490. The van der Waals surface area contributed by atoms with Crippen molar-refractivity contribution < 1.29 is 23.9 Å². The second-order valence-electron chi connectivity index (χ2n) is 13.3. The van der Waals surface area contributed by atoms with E-state index in [4.69, 9.17) is 10.5 Å². The molecule has 0 radical (unpaired) electrons. The third kappa shape index (κ3) is 14.4. The first-order valence-corrected chi connectivity index (χ1v) is 18.3. The lowest BCUT2D eigenvalue weighted by molar-refractivity contribution is -0.149. The molecule has 1 aromatic heterocycles. The van der Waals surface area contributed by atoms with Crippen molar-refractivity contribution in [3.8, 4) is 0 Å². The number of nitrogens with zero attached hydrogens (tertiary/aromatic N) is 2. The fraction of sp³-hybridized carbons (Fsp3) is 0.500. The van der Waals surface area contributed by atoms with Crippen molar-refractivity contribution in [2.75, 3.05) is 26.7 Å². The smallest absolute Gasteiger partial charge is 0.309 e. The predicted octanol–water partition coefficient (Wildman–Crippen LogP) is 4.63. The highest BCUT2D eigenvalue weighted by Crippen LogP contribution is 2.23. The second kappa shape index (κ2) is 21.2. The number of nitrogens with one attached hydrogen (secondary N) is 3. The van der Waals surface area contributed by atoms with Crippen LogP contribution >= 0.6 is 11.3 Å². The zero-order valence-corrected chi connectivity index (χ0v) is 30.8. The van der Waals surface area contributed by atoms with Crippen LogP contribution in [0.3, 0.4) is 0 Å². The van der Waals surface area contributed by atoms with E-state index in [0.29, 0.717) is 24.3 Å². The molecule has 0 saturated carbocycles. The van der Waals surface area contributed by atoms with Crippen LogP contribution in [-0.2, 0) is 32.1 Å². The van der Waals surface area contributed by atoms with Crippen molar-refractivity contribution in [2.24, 2.45) is 17.6 Å². The van der Waals surface area contributed by atoms with E-state index < -0.39 is 12.0 Å². The predicted molar refractivity (Wildman–Crippen MR) is 197 cm³/mol. The fourth-order valence-electron chi connectivity index (χ4n) is 5.42. The van der Waals surface area contributed by atoms with E-state index in [-0.39, 0.29) is 67.1 Å². The summed E-state index contributed by atoms with van der Waals surface area (Å²) in [6, 6.07) is 18.2. The summed E-state index contributed by atoms with van der Waals surface area (Å²) in [5.41, 5.74) is 8.74. The van der Waals surface area contributed by atoms with Gasteiger partial charge in [0.2, 0.25) is 11.8 Å². The number of rotatable bonds is 21. The highest BCUT2D eigenvalue weighted by Gasteiger charge is 2.26. The molecule has 3 amide bonds. The van der Waals surface area contributed by atoms with Crippen LogP contribution in [0.15, 0.2) is 66.0 Å². The number of carbonyl (C=O) groups is 4. The lowest BCUT2D eigenvalue weighted by Crippen LogP contribution is -2.46. The number of hydrogen-bond donors (Lipinski definition) is 4. The quantitative estimate of drug-likeness (QED) is 0.117. The number of nitrogens with two attached hydrogens (primary N) is 1. The molecular formula is C38H54N6O5S. The zero-order valence-electron chi connectivity index (χ0n) is 30.0. The van der Waals surface area contributed by atoms with Gasteiger partial charge in [0.15, 0.2) is 0 Å². The second-order valence-corrected chi connectivity index (χ2v) is 14.2. The number of unbranched alkanes of at least 4 members (excludes halogenated alkanes) is 1. The maximum absolute atomic E-state index is 13.4. The fourth-order valence-corrected chi connectivity index (χ4v) is 6.24. The Morgan fingerprint density at radius 3 is 2.22 bits per heavy atom. The largest absolute Gasteiger partial charge is 0.461 e. The molecule has 0 saturated heterocycles. The topological polar surface area (TPSA) is 156 Å². The number of hydrogen-bond acceptors (Lipinski definition) is 9. The van der Waals surface area contributed by atoms with Crippen molar-refractivity contribution in [3.05, 3.63) is 87.9 Å². The molecule has 2 aromatic carbocycles. The lowest BCUT2D eigenvalue weighted by Gasteiger charge is -2.25. The third-order valence-corrected chi connectivity index (χ3v) is 9.38. The summed E-state index contributed by atoms with van der Waals surface area (Å²) in [7, 11) is 1.88. The van der Waals surface area contributed by atoms with Crippen molar-refractivity contribution in [3.63, 3.8) is 0 Å². The molecule has 0 aliphatic rings. The molecule has 11 nitrogen and oxygen atoms in total. The molecule has 3 rings (SSSR count). The molecule has 4 atom stereocenters. The Morgan fingerprint density at radius 2 is 1.58 bits per heavy atom. The van der Waals surface area contributed by atoms with Gasteiger partial charge in [0.1, 0.15) is 17.3 Å². The van der Waals surface area contributed by atoms with Gasteiger partial charge in [-0.2, -0.15) is 0 Å². The molecule has 50 heavy (non-hydrogen) atoms. The van der Waals surface area contributed by atoms with Crippen molar-refractivity contribution in [2.45, 2.75) is 84.5 Å². The molecule has 0 aliphatic heterocycles. The van der Waals surface area contributed by atoms with Gasteiger partial charge >= 0.3 is 5.97 Å². The van der Waals surface area contributed by atoms with Crippen molar-refractivity contribution in [1.29, 1.82) is 0 Å². The minimum Gasteiger partial charge on any atom is -0.461 e. The van der Waals surface area contributed by atoms with Crippen LogP contribution in [0.4, 0.5) is 0 Å². The number of aromatic nitrogens is 1. The van der Waals surface area contributed by atoms with Gasteiger partial charge in [-0.3, -0.25) is 24.1 Å². The molecule has 0 aliphatic carbocycles. The standard InChI is InChI=1S/C38H54N6O5S/c1-6-7-18-44(5)23-35(46)40-22-34(45)42-32(26(2)3)21-31(39)37-43-33(25-50-37)36(47)41-30(20-28-14-10-8-11-15-28)19-27(4)38(48)49-24-29-16-12-9-13-17-29/h8-17,25-27,30-32H,6-7,18-24,39H2,1-5H3,(H,40,46)(H,41,47)(H,42,45). The van der Waals surface area contributed by atoms with Gasteiger partial charge < -0.3 is 26.4 Å². The van der Waals surface area contributed by atoms with E-state index in [0.717, 1.165) is 30.5 Å². The third-order valence-electron chi connectivity index (χ3n) is 8.41. The Labute approximate surface area is 300 Å². The summed E-state index contributed by atoms with van der Waals surface area (Å²) in [5.74, 6) is -1.54. The lowest BCUT2D eigenvalue weighted by atomic mass is 9.96. The molecular weight excluding hydrogens is 653 g/mol. The molecule has 3 aromatic rings. The van der Waals surface area contributed by atoms with Gasteiger partial charge in [-0.15, -0.1) is 11.3 Å². The Kier molecular flexibility index (Phi) is 17.1. The summed E-state index contributed by atoms with van der Waals surface area (Å²) >= 11 is 1.29. The number of carbonyl (C=O) groups excluding carboxylic acids is 4. The first kappa shape index (κ1) is 40.3. The summed E-state index contributed by atoms with van der Waals surface area (Å²) < 4.78 is 5.56. The van der Waals surface area contributed by atoms with E-state index in [1.165, 1.54) is 11.3 Å². The van der Waals surface area contributed by atoms with Crippen LogP contribution in [0.2, 0.25) is 0 Å². The maximum Gasteiger partial charge on any atom is 0.309 e. The van der Waals surface area contributed by atoms with Gasteiger partial charge in [-0.1, -0.05) is 94.8 Å². The summed E-state index contributed by atoms with van der Waals surface area (Å²) in [6.07, 6.45) is 3.38. The molecule has 1 heterocycles. The monoisotopic (exact) mass is 706 g/mol. The van der Waals surface area contributed by atoms with E-state index in [1.807, 2.05) is 93.4 Å². The SMILES string of the molecule is CCCCN(C)CC(=O)NCC(=O)NC(CC(N)c1nc(C(=O)NC(Cc2ccccc2)CC(C)C(=O)OCc2ccccc2)cs1)C(C)C. The Morgan fingerprint density at radius 1 is 0.920 bits per heavy atom. The van der Waals surface area contributed by atoms with Gasteiger partial charge in [-0.05, 0) is 56.3 Å². The maximum atomic E-state index is 13.4. The van der Waals surface area contributed by atoms with Crippen LogP contribution in [0.1, 0.15) is 86.0 Å². The highest BCUT2D eigenvalue weighted by atomic mass is 32.1. The number of thiazole rings is 1. The van der Waals surface area contributed by atoms with E-state index in [1.54, 1.807) is 5.38 Å². The zero-order chi connectivity index (χ0) is 36.5. The normalized spacial score (nSPS) is 13.7. The molecule has 0 fully saturated rings. The first-order chi connectivity index (χ1) is 23.9. The molecule has 0 spiro atoms. The number of amides is 3. The van der Waals surface area contributed by atoms with Crippen LogP contribution in [0, 0.1) is 11.8 Å². The van der Waals surface area contributed by atoms with E-state index >= 15 is 0 Å². The van der Waals surface area contributed by atoms with Crippen molar-refractivity contribution in [1.82, 2.24) is 25.8 Å². The van der Waals surface area contributed by atoms with Gasteiger partial charge in [-0.25, -0.2) is 4.98 Å². The molecule has 272 valence electrons. The summed E-state index contributed by atoms with van der Waals surface area (Å²) in [5, 5.41) is 11.0. The minimum atomic E-state index is -0.518. The van der Waals surface area contributed by atoms with Gasteiger partial charge in [0.25, 0.3) is 5.91 Å². The first-order valence-electron chi connectivity index (χ1n) is 17.5. The van der Waals surface area contributed by atoms with Gasteiger partial charge in [0.05, 0.1) is 25.0 Å². The van der Waals surface area contributed by atoms with Crippen LogP contribution < -0.4 is 21.7 Å². The Balaban J connectivity index is 1.57. The molecule has 5 N–H and O–H groups in total. The number of ether oxygens (including phenoxy) is 1. The van der Waals surface area contributed by atoms with Crippen LogP contribution in [-0.4, -0.2) is 72.3 Å². The molecule has 0 bridgehead atoms. The van der Waals surface area contributed by atoms with E-state index in [2.05, 4.69) is 27.9 Å². The van der Waals surface area contributed by atoms with E-state index in [9.17, 15) is 19.2 Å². The molecule has 12 heteroatoms. The van der Waals surface area contributed by atoms with Gasteiger partial charge in [0, 0.05) is 17.5 Å². The highest BCUT2D eigenvalue weighted by molar-refractivity contribution is 7.09. The van der Waals surface area contributed by atoms with Crippen LogP contribution in [0.5, 0.6) is 0 Å². The molecule has 4 unspecified atom stereocenters. The number of esters is 1. The Hall–Kier alpha value is -4.13. The van der Waals surface area contributed by atoms with Crippen molar-refractivity contribution >= 4 is 35.0 Å². The summed E-state index contributed by atoms with van der Waals surface area (Å²) in [6.45, 7) is 9.02. The summed E-state index contributed by atoms with van der Waals surface area (Å²) in [4.78, 5) is 57.8. The average Bonchev–Trinajstić information content (AvgIpc) is 3.60. The average molecular weight is 707 g/mol. The number of benzene rings is 2. The van der Waals surface area contributed by atoms with Crippen LogP contribution in [0.25, 0.3) is 0 Å².